The van der Waals surface area contributed by atoms with Crippen LogP contribution < -0.4 is 5.73 Å². The van der Waals surface area contributed by atoms with Crippen LogP contribution in [0.3, 0.4) is 0 Å². The zero-order valence-corrected chi connectivity index (χ0v) is 14.7. The molecule has 0 spiro atoms. The highest BCUT2D eigenvalue weighted by molar-refractivity contribution is 6.04. The van der Waals surface area contributed by atoms with E-state index in [1.807, 2.05) is 73.1 Å². The molecule has 0 aliphatic carbocycles. The molecule has 0 unspecified atom stereocenters. The lowest BCUT2D eigenvalue weighted by Crippen LogP contribution is -2.16. The largest absolute Gasteiger partial charge is 0.382 e. The van der Waals surface area contributed by atoms with Crippen LogP contribution in [0.2, 0.25) is 0 Å². The summed E-state index contributed by atoms with van der Waals surface area (Å²) in [5, 5.41) is 9.58. The molecule has 2 N–H and O–H groups in total. The van der Waals surface area contributed by atoms with Crippen LogP contribution in [-0.2, 0) is 6.54 Å². The van der Waals surface area contributed by atoms with Gasteiger partial charge in [-0.15, -0.1) is 5.10 Å². The maximum absolute atomic E-state index is 13.2. The molecule has 0 radical (unpaired) electrons. The molecule has 26 heavy (non-hydrogen) atoms. The number of rotatable bonds is 3. The van der Waals surface area contributed by atoms with E-state index in [1.54, 1.807) is 0 Å². The Morgan fingerprint density at radius 2 is 1.69 bits per heavy atom. The number of fused-ring (bicyclic) bond motifs is 1. The number of nitrogens with two attached hydrogens (primary N) is 1. The maximum atomic E-state index is 13.2. The quantitative estimate of drug-likeness (QED) is 0.618. The fourth-order valence-corrected chi connectivity index (χ4v) is 3.27. The highest BCUT2D eigenvalue weighted by atomic mass is 16.2. The summed E-state index contributed by atoms with van der Waals surface area (Å²) in [4.78, 5) is 13.2. The van der Waals surface area contributed by atoms with Crippen LogP contribution in [0.25, 0.3) is 10.9 Å². The number of carbonyl (C=O) groups is 1. The molecule has 0 aliphatic rings. The van der Waals surface area contributed by atoms with Crippen LogP contribution in [0.4, 0.5) is 5.82 Å². The number of nitrogen functional groups attached to an aromatic ring is 1. The summed E-state index contributed by atoms with van der Waals surface area (Å²) in [6.07, 6.45) is 0. The maximum Gasteiger partial charge on any atom is 0.282 e. The van der Waals surface area contributed by atoms with Crippen LogP contribution in [0.1, 0.15) is 27.3 Å². The molecule has 130 valence electrons. The summed E-state index contributed by atoms with van der Waals surface area (Å²) in [7, 11) is 0. The first kappa shape index (κ1) is 16.1. The third kappa shape index (κ3) is 2.56. The van der Waals surface area contributed by atoms with Gasteiger partial charge >= 0.3 is 0 Å². The van der Waals surface area contributed by atoms with Crippen molar-refractivity contribution in [3.8, 4) is 0 Å². The predicted octanol–water partition coefficient (Wildman–Crippen LogP) is 3.17. The van der Waals surface area contributed by atoms with Gasteiger partial charge in [0.05, 0.1) is 23.3 Å². The van der Waals surface area contributed by atoms with Crippen molar-refractivity contribution in [3.63, 3.8) is 0 Å². The predicted molar refractivity (Wildman–Crippen MR) is 101 cm³/mol. The Labute approximate surface area is 150 Å². The van der Waals surface area contributed by atoms with Gasteiger partial charge in [0.2, 0.25) is 0 Å². The smallest absolute Gasteiger partial charge is 0.282 e. The summed E-state index contributed by atoms with van der Waals surface area (Å²) in [5.41, 5.74) is 9.86. The normalized spacial score (nSPS) is 11.2. The van der Waals surface area contributed by atoms with Gasteiger partial charge in [-0.1, -0.05) is 42.5 Å². The summed E-state index contributed by atoms with van der Waals surface area (Å²) < 4.78 is 3.22. The van der Waals surface area contributed by atoms with Crippen LogP contribution in [0.5, 0.6) is 0 Å². The topological polar surface area (TPSA) is 78.7 Å². The van der Waals surface area contributed by atoms with Gasteiger partial charge in [0.1, 0.15) is 0 Å². The third-order valence-corrected chi connectivity index (χ3v) is 4.58. The lowest BCUT2D eigenvalue weighted by molar-refractivity contribution is 0.0949. The fourth-order valence-electron chi connectivity index (χ4n) is 3.27. The zero-order valence-electron chi connectivity index (χ0n) is 14.7. The highest BCUT2D eigenvalue weighted by Gasteiger charge is 2.23. The molecule has 2 aromatic heterocycles. The van der Waals surface area contributed by atoms with Crippen LogP contribution in [-0.4, -0.2) is 25.5 Å². The van der Waals surface area contributed by atoms with Crippen molar-refractivity contribution in [1.29, 1.82) is 0 Å². The van der Waals surface area contributed by atoms with Crippen molar-refractivity contribution in [2.45, 2.75) is 20.4 Å². The minimum absolute atomic E-state index is 0.216. The minimum atomic E-state index is -0.216. The van der Waals surface area contributed by atoms with Crippen molar-refractivity contribution < 1.29 is 4.79 Å². The number of hydrogen-bond donors (Lipinski definition) is 1. The highest BCUT2D eigenvalue weighted by Crippen LogP contribution is 2.23. The summed E-state index contributed by atoms with van der Waals surface area (Å²) in [6, 6.07) is 17.5. The van der Waals surface area contributed by atoms with Gasteiger partial charge < -0.3 is 5.73 Å². The number of anilines is 1. The Balaban J connectivity index is 1.77. The van der Waals surface area contributed by atoms with E-state index in [-0.39, 0.29) is 5.91 Å². The van der Waals surface area contributed by atoms with Gasteiger partial charge in [0, 0.05) is 11.1 Å². The minimum Gasteiger partial charge on any atom is -0.382 e. The van der Waals surface area contributed by atoms with E-state index in [0.29, 0.717) is 29.1 Å². The fraction of sp³-hybridized carbons (Fsp3) is 0.150. The molecule has 0 bridgehead atoms. The molecule has 6 nitrogen and oxygen atoms in total. The molecule has 6 heteroatoms. The molecule has 4 aromatic rings. The second-order valence-corrected chi connectivity index (χ2v) is 6.31. The molecule has 0 saturated heterocycles. The standard InChI is InChI=1S/C20H19N5O/c1-13-18(14(2)24(22-13)12-15-8-4-3-5-9-15)20(26)25-17-11-7-6-10-16(17)19(21)23-25/h3-11H,12H2,1-2H3,(H2,21,23). The van der Waals surface area contributed by atoms with Crippen molar-refractivity contribution in [2.24, 2.45) is 0 Å². The molecule has 4 rings (SSSR count). The molecule has 0 aliphatic heterocycles. The van der Waals surface area contributed by atoms with E-state index in [1.165, 1.54) is 4.68 Å². The number of nitrogens with zero attached hydrogens (tertiary/aromatic N) is 4. The molecular formula is C20H19N5O. The van der Waals surface area contributed by atoms with Gasteiger partial charge in [-0.25, -0.2) is 0 Å². The summed E-state index contributed by atoms with van der Waals surface area (Å²) in [5.74, 6) is 0.133. The Morgan fingerprint density at radius 1 is 1.00 bits per heavy atom. The van der Waals surface area contributed by atoms with E-state index < -0.39 is 0 Å². The lowest BCUT2D eigenvalue weighted by Gasteiger charge is -2.06. The molecule has 2 aromatic carbocycles. The number of carbonyl (C=O) groups excluding carboxylic acids is 1. The first-order valence-corrected chi connectivity index (χ1v) is 8.42. The van der Waals surface area contributed by atoms with E-state index >= 15 is 0 Å². The number of hydrogen-bond acceptors (Lipinski definition) is 4. The van der Waals surface area contributed by atoms with Crippen LogP contribution in [0, 0.1) is 13.8 Å². The monoisotopic (exact) mass is 345 g/mol. The Hall–Kier alpha value is -3.41. The molecular weight excluding hydrogens is 326 g/mol. The second kappa shape index (κ2) is 6.15. The summed E-state index contributed by atoms with van der Waals surface area (Å²) in [6.45, 7) is 4.37. The lowest BCUT2D eigenvalue weighted by atomic mass is 10.1. The van der Waals surface area contributed by atoms with E-state index in [4.69, 9.17) is 5.73 Å². The average molecular weight is 345 g/mol. The number of para-hydroxylation sites is 1. The van der Waals surface area contributed by atoms with Crippen LogP contribution >= 0.6 is 0 Å². The van der Waals surface area contributed by atoms with Gasteiger partial charge in [-0.3, -0.25) is 9.48 Å². The van der Waals surface area contributed by atoms with Crippen molar-refractivity contribution in [3.05, 3.63) is 77.1 Å². The molecule has 0 fully saturated rings. The number of benzene rings is 2. The SMILES string of the molecule is Cc1nn(Cc2ccccc2)c(C)c1C(=O)n1nc(N)c2ccccc21. The van der Waals surface area contributed by atoms with Gasteiger partial charge in [-0.05, 0) is 31.5 Å². The van der Waals surface area contributed by atoms with Crippen LogP contribution in [0.15, 0.2) is 54.6 Å². The van der Waals surface area contributed by atoms with Gasteiger partial charge in [0.25, 0.3) is 5.91 Å². The summed E-state index contributed by atoms with van der Waals surface area (Å²) >= 11 is 0. The Morgan fingerprint density at radius 3 is 2.46 bits per heavy atom. The second-order valence-electron chi connectivity index (χ2n) is 6.31. The zero-order chi connectivity index (χ0) is 18.3. The van der Waals surface area contributed by atoms with Gasteiger partial charge in [0.15, 0.2) is 5.82 Å². The Kier molecular flexibility index (Phi) is 3.80. The molecule has 2 heterocycles. The van der Waals surface area contributed by atoms with Crippen molar-refractivity contribution in [1.82, 2.24) is 19.6 Å². The molecule has 0 saturated carbocycles. The number of aryl methyl sites for hydroxylation is 1. The molecule has 0 atom stereocenters. The van der Waals surface area contributed by atoms with Crippen molar-refractivity contribution in [2.75, 3.05) is 5.73 Å². The van der Waals surface area contributed by atoms with Crippen molar-refractivity contribution >= 4 is 22.6 Å². The van der Waals surface area contributed by atoms with E-state index in [9.17, 15) is 4.79 Å². The first-order valence-electron chi connectivity index (χ1n) is 8.42. The number of aromatic nitrogens is 4. The molecule has 0 amide bonds. The van der Waals surface area contributed by atoms with Gasteiger partial charge in [-0.2, -0.15) is 9.78 Å². The third-order valence-electron chi connectivity index (χ3n) is 4.58. The Bertz CT molecular complexity index is 1110. The average Bonchev–Trinajstić information content (AvgIpc) is 3.13. The van der Waals surface area contributed by atoms with E-state index in [2.05, 4.69) is 10.2 Å². The first-order chi connectivity index (χ1) is 12.6. The van der Waals surface area contributed by atoms with E-state index in [0.717, 1.165) is 16.6 Å².